The van der Waals surface area contributed by atoms with Crippen molar-refractivity contribution in [1.82, 2.24) is 0 Å². The van der Waals surface area contributed by atoms with Crippen LogP contribution in [0.1, 0.15) is 30.6 Å². The van der Waals surface area contributed by atoms with E-state index in [9.17, 15) is 9.59 Å². The number of rotatable bonds is 6. The van der Waals surface area contributed by atoms with Crippen molar-refractivity contribution in [3.05, 3.63) is 54.1 Å². The van der Waals surface area contributed by atoms with Crippen LogP contribution in [-0.4, -0.2) is 18.4 Å². The lowest BCUT2D eigenvalue weighted by Gasteiger charge is -2.12. The Morgan fingerprint density at radius 2 is 1.83 bits per heavy atom. The number of carbonyl (C=O) groups is 2. The molecular weight excluding hydrogens is 292 g/mol. The molecule has 0 unspecified atom stereocenters. The van der Waals surface area contributed by atoms with Gasteiger partial charge in [0.25, 0.3) is 5.91 Å². The molecule has 0 saturated heterocycles. The van der Waals surface area contributed by atoms with E-state index in [2.05, 4.69) is 10.6 Å². The van der Waals surface area contributed by atoms with Gasteiger partial charge in [0.05, 0.1) is 12.3 Å². The summed E-state index contributed by atoms with van der Waals surface area (Å²) in [5, 5.41) is 5.50. The van der Waals surface area contributed by atoms with Crippen molar-refractivity contribution in [3.63, 3.8) is 0 Å². The van der Waals surface area contributed by atoms with Crippen molar-refractivity contribution in [2.75, 3.05) is 17.2 Å². The molecule has 2 amide bonds. The average Bonchev–Trinajstić information content (AvgIpc) is 2.53. The van der Waals surface area contributed by atoms with Crippen molar-refractivity contribution in [3.8, 4) is 5.75 Å². The van der Waals surface area contributed by atoms with Crippen LogP contribution in [-0.2, 0) is 4.79 Å². The zero-order valence-corrected chi connectivity index (χ0v) is 13.3. The Balaban J connectivity index is 2.14. The molecule has 120 valence electrons. The molecule has 0 saturated carbocycles. The minimum Gasteiger partial charge on any atom is -0.491 e. The lowest BCUT2D eigenvalue weighted by molar-refractivity contribution is -0.114. The van der Waals surface area contributed by atoms with E-state index in [0.29, 0.717) is 29.3 Å². The molecule has 0 aromatic heterocycles. The van der Waals surface area contributed by atoms with E-state index in [0.717, 1.165) is 6.42 Å². The number of para-hydroxylation sites is 2. The Labute approximate surface area is 135 Å². The van der Waals surface area contributed by atoms with Gasteiger partial charge in [-0.2, -0.15) is 0 Å². The lowest BCUT2D eigenvalue weighted by atomic mass is 10.1. The number of amides is 2. The average molecular weight is 312 g/mol. The Hall–Kier alpha value is -2.82. The van der Waals surface area contributed by atoms with Gasteiger partial charge in [0, 0.05) is 18.2 Å². The fourth-order valence-electron chi connectivity index (χ4n) is 2.04. The molecule has 0 heterocycles. The van der Waals surface area contributed by atoms with E-state index in [1.165, 1.54) is 6.92 Å². The summed E-state index contributed by atoms with van der Waals surface area (Å²) in [5.74, 6) is 0.200. The zero-order chi connectivity index (χ0) is 16.7. The van der Waals surface area contributed by atoms with Gasteiger partial charge in [-0.05, 0) is 36.8 Å². The molecule has 0 aliphatic rings. The first-order valence-electron chi connectivity index (χ1n) is 7.51. The standard InChI is InChI=1S/C18H20N2O3/c1-3-11-23-17-10-5-4-9-16(17)20-18(22)14-7-6-8-15(12-14)19-13(2)21/h4-10,12H,3,11H2,1-2H3,(H,19,21)(H,20,22). The summed E-state index contributed by atoms with van der Waals surface area (Å²) in [5.41, 5.74) is 1.66. The summed E-state index contributed by atoms with van der Waals surface area (Å²) in [6.45, 7) is 4.04. The second-order valence-corrected chi connectivity index (χ2v) is 5.06. The molecule has 0 bridgehead atoms. The normalized spacial score (nSPS) is 10.0. The fraction of sp³-hybridized carbons (Fsp3) is 0.222. The fourth-order valence-corrected chi connectivity index (χ4v) is 2.04. The molecular formula is C18H20N2O3. The van der Waals surface area contributed by atoms with E-state index in [1.807, 2.05) is 25.1 Å². The van der Waals surface area contributed by atoms with Gasteiger partial charge in [-0.1, -0.05) is 25.1 Å². The maximum Gasteiger partial charge on any atom is 0.255 e. The summed E-state index contributed by atoms with van der Waals surface area (Å²) in [4.78, 5) is 23.5. The number of hydrogen-bond donors (Lipinski definition) is 2. The molecule has 0 aliphatic heterocycles. The topological polar surface area (TPSA) is 67.4 Å². The molecule has 23 heavy (non-hydrogen) atoms. The van der Waals surface area contributed by atoms with Gasteiger partial charge in [-0.3, -0.25) is 9.59 Å². The van der Waals surface area contributed by atoms with Crippen LogP contribution < -0.4 is 15.4 Å². The number of carbonyl (C=O) groups excluding carboxylic acids is 2. The molecule has 2 N–H and O–H groups in total. The summed E-state index contributed by atoms with van der Waals surface area (Å²) >= 11 is 0. The van der Waals surface area contributed by atoms with Crippen LogP contribution >= 0.6 is 0 Å². The van der Waals surface area contributed by atoms with Crippen molar-refractivity contribution in [2.45, 2.75) is 20.3 Å². The molecule has 0 spiro atoms. The Morgan fingerprint density at radius 1 is 1.04 bits per heavy atom. The van der Waals surface area contributed by atoms with Gasteiger partial charge in [-0.15, -0.1) is 0 Å². The molecule has 0 aliphatic carbocycles. The monoisotopic (exact) mass is 312 g/mol. The first-order valence-corrected chi connectivity index (χ1v) is 7.51. The van der Waals surface area contributed by atoms with Crippen molar-refractivity contribution < 1.29 is 14.3 Å². The van der Waals surface area contributed by atoms with Crippen molar-refractivity contribution >= 4 is 23.2 Å². The Bertz CT molecular complexity index is 698. The van der Waals surface area contributed by atoms with Crippen LogP contribution in [0.3, 0.4) is 0 Å². The van der Waals surface area contributed by atoms with Crippen LogP contribution in [0.2, 0.25) is 0 Å². The lowest BCUT2D eigenvalue weighted by Crippen LogP contribution is -2.14. The predicted molar refractivity (Wildman–Crippen MR) is 90.9 cm³/mol. The van der Waals surface area contributed by atoms with Crippen LogP contribution in [0.25, 0.3) is 0 Å². The minimum absolute atomic E-state index is 0.180. The predicted octanol–water partition coefficient (Wildman–Crippen LogP) is 3.69. The maximum absolute atomic E-state index is 12.4. The van der Waals surface area contributed by atoms with Gasteiger partial charge in [0.1, 0.15) is 5.75 Å². The van der Waals surface area contributed by atoms with Crippen LogP contribution in [0.4, 0.5) is 11.4 Å². The van der Waals surface area contributed by atoms with Crippen LogP contribution in [0.15, 0.2) is 48.5 Å². The van der Waals surface area contributed by atoms with Crippen LogP contribution in [0.5, 0.6) is 5.75 Å². The molecule has 5 nitrogen and oxygen atoms in total. The highest BCUT2D eigenvalue weighted by atomic mass is 16.5. The Kier molecular flexibility index (Phi) is 5.74. The highest BCUT2D eigenvalue weighted by molar-refractivity contribution is 6.06. The van der Waals surface area contributed by atoms with E-state index >= 15 is 0 Å². The van der Waals surface area contributed by atoms with E-state index in [-0.39, 0.29) is 11.8 Å². The second-order valence-electron chi connectivity index (χ2n) is 5.06. The zero-order valence-electron chi connectivity index (χ0n) is 13.3. The maximum atomic E-state index is 12.4. The number of ether oxygens (including phenoxy) is 1. The van der Waals surface area contributed by atoms with E-state index in [4.69, 9.17) is 4.74 Å². The summed E-state index contributed by atoms with van der Waals surface area (Å²) in [6, 6.07) is 14.1. The summed E-state index contributed by atoms with van der Waals surface area (Å²) in [7, 11) is 0. The SMILES string of the molecule is CCCOc1ccccc1NC(=O)c1cccc(NC(C)=O)c1. The van der Waals surface area contributed by atoms with E-state index in [1.54, 1.807) is 30.3 Å². The first kappa shape index (κ1) is 16.5. The van der Waals surface area contributed by atoms with Crippen LogP contribution in [0, 0.1) is 0 Å². The quantitative estimate of drug-likeness (QED) is 0.855. The number of hydrogen-bond acceptors (Lipinski definition) is 3. The molecule has 0 fully saturated rings. The highest BCUT2D eigenvalue weighted by Gasteiger charge is 2.10. The smallest absolute Gasteiger partial charge is 0.255 e. The highest BCUT2D eigenvalue weighted by Crippen LogP contribution is 2.24. The summed E-state index contributed by atoms with van der Waals surface area (Å²) in [6.07, 6.45) is 0.890. The van der Waals surface area contributed by atoms with Gasteiger partial charge in [-0.25, -0.2) is 0 Å². The third kappa shape index (κ3) is 4.85. The molecule has 2 rings (SSSR count). The molecule has 0 atom stereocenters. The Morgan fingerprint density at radius 3 is 2.57 bits per heavy atom. The third-order valence-corrected chi connectivity index (χ3v) is 3.04. The van der Waals surface area contributed by atoms with Gasteiger partial charge < -0.3 is 15.4 Å². The molecule has 2 aromatic carbocycles. The molecule has 2 aromatic rings. The van der Waals surface area contributed by atoms with Crippen molar-refractivity contribution in [1.29, 1.82) is 0 Å². The van der Waals surface area contributed by atoms with Gasteiger partial charge in [0.2, 0.25) is 5.91 Å². The number of nitrogens with one attached hydrogen (secondary N) is 2. The number of anilines is 2. The van der Waals surface area contributed by atoms with Crippen molar-refractivity contribution in [2.24, 2.45) is 0 Å². The minimum atomic E-state index is -0.259. The van der Waals surface area contributed by atoms with Gasteiger partial charge >= 0.3 is 0 Å². The van der Waals surface area contributed by atoms with Gasteiger partial charge in [0.15, 0.2) is 0 Å². The first-order chi connectivity index (χ1) is 11.1. The molecule has 5 heteroatoms. The summed E-state index contributed by atoms with van der Waals surface area (Å²) < 4.78 is 5.63. The largest absolute Gasteiger partial charge is 0.491 e. The second kappa shape index (κ2) is 7.98. The number of benzene rings is 2. The third-order valence-electron chi connectivity index (χ3n) is 3.04. The van der Waals surface area contributed by atoms with E-state index < -0.39 is 0 Å². The molecule has 0 radical (unpaired) electrons.